The Labute approximate surface area is 74.1 Å². The molecule has 0 unspecified atom stereocenters. The summed E-state index contributed by atoms with van der Waals surface area (Å²) in [5.74, 6) is 0. The quantitative estimate of drug-likeness (QED) is 0.144. The zero-order chi connectivity index (χ0) is 6.95. The van der Waals surface area contributed by atoms with Crippen LogP contribution in [-0.4, -0.2) is 19.8 Å². The Morgan fingerprint density at radius 2 is 2.20 bits per heavy atom. The molecule has 0 fully saturated rings. The fourth-order valence-electron chi connectivity index (χ4n) is 0.347. The van der Waals surface area contributed by atoms with Crippen molar-refractivity contribution in [2.24, 2.45) is 0 Å². The van der Waals surface area contributed by atoms with Crippen molar-refractivity contribution in [1.29, 1.82) is 0 Å². The van der Waals surface area contributed by atoms with Gasteiger partial charge in [-0.2, -0.15) is 0 Å². The number of hydrogen-bond donors (Lipinski definition) is 0. The van der Waals surface area contributed by atoms with Crippen molar-refractivity contribution in [3.63, 3.8) is 0 Å². The van der Waals surface area contributed by atoms with E-state index in [1.807, 2.05) is 6.92 Å². The van der Waals surface area contributed by atoms with Crippen LogP contribution in [0.4, 0.5) is 0 Å². The summed E-state index contributed by atoms with van der Waals surface area (Å²) >= 11 is 0. The van der Waals surface area contributed by atoms with Gasteiger partial charge in [0.2, 0.25) is 0 Å². The van der Waals surface area contributed by atoms with Crippen LogP contribution in [0.25, 0.3) is 0 Å². The first-order valence-corrected chi connectivity index (χ1v) is 2.88. The molecule has 0 aliphatic carbocycles. The maximum atomic E-state index is 4.97. The molecule has 0 aliphatic rings. The van der Waals surface area contributed by atoms with Crippen molar-refractivity contribution in [2.45, 2.75) is 6.92 Å². The van der Waals surface area contributed by atoms with Crippen LogP contribution in [0.2, 0.25) is 0 Å². The molecular formula is C7H11LiO2. The van der Waals surface area contributed by atoms with E-state index in [0.29, 0.717) is 13.2 Å². The van der Waals surface area contributed by atoms with Crippen molar-refractivity contribution in [3.05, 3.63) is 18.6 Å². The van der Waals surface area contributed by atoms with E-state index in [1.54, 1.807) is 0 Å². The van der Waals surface area contributed by atoms with Crippen molar-refractivity contribution >= 4 is 0 Å². The largest absolute Gasteiger partial charge is 1.00 e. The van der Waals surface area contributed by atoms with Crippen LogP contribution in [0.1, 0.15) is 6.92 Å². The van der Waals surface area contributed by atoms with Crippen molar-refractivity contribution < 1.29 is 28.3 Å². The van der Waals surface area contributed by atoms with Gasteiger partial charge in [0.15, 0.2) is 0 Å². The molecule has 0 spiro atoms. The van der Waals surface area contributed by atoms with Gasteiger partial charge in [-0.15, -0.1) is 0 Å². The predicted octanol–water partition coefficient (Wildman–Crippen LogP) is -1.85. The SMILES string of the molecule is C=C=[C-]OCCOCC.[Li+]. The predicted molar refractivity (Wildman–Crippen MR) is 34.8 cm³/mol. The zero-order valence-corrected chi connectivity index (χ0v) is 6.64. The minimum atomic E-state index is 0. The second-order valence-corrected chi connectivity index (χ2v) is 1.32. The van der Waals surface area contributed by atoms with Gasteiger partial charge in [0, 0.05) is 6.61 Å². The molecule has 0 radical (unpaired) electrons. The Morgan fingerprint density at radius 3 is 2.70 bits per heavy atom. The summed E-state index contributed by atoms with van der Waals surface area (Å²) in [6.07, 6.45) is 2.37. The average molecular weight is 134 g/mol. The number of hydrogen-bond acceptors (Lipinski definition) is 2. The molecule has 3 heteroatoms. The normalized spacial score (nSPS) is 7.30. The first-order chi connectivity index (χ1) is 4.41. The second-order valence-electron chi connectivity index (χ2n) is 1.32. The van der Waals surface area contributed by atoms with Gasteiger partial charge in [0.25, 0.3) is 0 Å². The molecule has 10 heavy (non-hydrogen) atoms. The van der Waals surface area contributed by atoms with E-state index in [0.717, 1.165) is 6.61 Å². The number of ether oxygens (including phenoxy) is 2. The minimum Gasteiger partial charge on any atom is -0.583 e. The van der Waals surface area contributed by atoms with Gasteiger partial charge in [-0.25, -0.2) is 6.58 Å². The summed E-state index contributed by atoms with van der Waals surface area (Å²) in [5.41, 5.74) is 2.37. The van der Waals surface area contributed by atoms with E-state index < -0.39 is 0 Å². The molecule has 0 N–H and O–H groups in total. The molecule has 0 rings (SSSR count). The fourth-order valence-corrected chi connectivity index (χ4v) is 0.347. The van der Waals surface area contributed by atoms with Gasteiger partial charge < -0.3 is 9.47 Å². The van der Waals surface area contributed by atoms with E-state index in [2.05, 4.69) is 18.6 Å². The van der Waals surface area contributed by atoms with Crippen LogP contribution in [-0.2, 0) is 9.47 Å². The zero-order valence-electron chi connectivity index (χ0n) is 6.64. The molecule has 0 aromatic carbocycles. The summed E-state index contributed by atoms with van der Waals surface area (Å²) in [6.45, 7) is 7.06. The topological polar surface area (TPSA) is 18.5 Å². The van der Waals surface area contributed by atoms with Gasteiger partial charge in [0.1, 0.15) is 0 Å². The standard InChI is InChI=1S/C7H11O2.Li/c1-3-5-9-7-6-8-4-2;/h1,4,6-7H2,2H3;/q-1;+1. The minimum absolute atomic E-state index is 0. The molecule has 0 aromatic heterocycles. The van der Waals surface area contributed by atoms with Crippen molar-refractivity contribution in [1.82, 2.24) is 0 Å². The van der Waals surface area contributed by atoms with E-state index in [-0.39, 0.29) is 18.9 Å². The molecule has 0 aromatic rings. The Morgan fingerprint density at radius 1 is 1.50 bits per heavy atom. The smallest absolute Gasteiger partial charge is 0.583 e. The summed E-state index contributed by atoms with van der Waals surface area (Å²) in [6, 6.07) is 0. The van der Waals surface area contributed by atoms with Gasteiger partial charge >= 0.3 is 18.9 Å². The molecule has 0 bridgehead atoms. The summed E-state index contributed by atoms with van der Waals surface area (Å²) < 4.78 is 9.70. The molecule has 0 aliphatic heterocycles. The van der Waals surface area contributed by atoms with E-state index >= 15 is 0 Å². The molecule has 0 saturated carbocycles. The molecule has 0 amide bonds. The van der Waals surface area contributed by atoms with Gasteiger partial charge in [-0.3, -0.25) is 5.73 Å². The van der Waals surface area contributed by atoms with Crippen molar-refractivity contribution in [3.8, 4) is 0 Å². The van der Waals surface area contributed by atoms with Gasteiger partial charge in [-0.05, 0) is 13.2 Å². The van der Waals surface area contributed by atoms with Crippen LogP contribution >= 0.6 is 0 Å². The Kier molecular flexibility index (Phi) is 14.6. The van der Waals surface area contributed by atoms with Crippen LogP contribution in [0.5, 0.6) is 0 Å². The summed E-state index contributed by atoms with van der Waals surface area (Å²) in [4.78, 5) is 0. The molecular weight excluding hydrogens is 123 g/mol. The maximum absolute atomic E-state index is 4.97. The summed E-state index contributed by atoms with van der Waals surface area (Å²) in [7, 11) is 0. The third kappa shape index (κ3) is 10.8. The first kappa shape index (κ1) is 12.5. The molecule has 52 valence electrons. The van der Waals surface area contributed by atoms with E-state index in [1.165, 1.54) is 0 Å². The third-order valence-electron chi connectivity index (χ3n) is 0.678. The first-order valence-electron chi connectivity index (χ1n) is 2.88. The number of rotatable bonds is 5. The van der Waals surface area contributed by atoms with E-state index in [4.69, 9.17) is 9.47 Å². The van der Waals surface area contributed by atoms with Crippen LogP contribution in [0.15, 0.2) is 12.3 Å². The van der Waals surface area contributed by atoms with E-state index in [9.17, 15) is 0 Å². The van der Waals surface area contributed by atoms with Crippen LogP contribution < -0.4 is 18.9 Å². The van der Waals surface area contributed by atoms with Crippen molar-refractivity contribution in [2.75, 3.05) is 19.8 Å². The van der Waals surface area contributed by atoms with Crippen LogP contribution in [0.3, 0.4) is 0 Å². The Hall–Kier alpha value is -0.123. The van der Waals surface area contributed by atoms with Gasteiger partial charge in [0.05, 0.1) is 13.2 Å². The van der Waals surface area contributed by atoms with Gasteiger partial charge in [-0.1, -0.05) is 0 Å². The molecule has 0 heterocycles. The third-order valence-corrected chi connectivity index (χ3v) is 0.678. The Balaban J connectivity index is 0. The molecule has 0 atom stereocenters. The maximum Gasteiger partial charge on any atom is 1.00 e. The second kappa shape index (κ2) is 11.6. The average Bonchev–Trinajstić information content (AvgIpc) is 1.89. The molecule has 0 saturated heterocycles. The van der Waals surface area contributed by atoms with Crippen LogP contribution in [0, 0.1) is 6.26 Å². The fraction of sp³-hybridized carbons (Fsp3) is 0.571. The Bertz CT molecular complexity index is 97.8. The molecule has 2 nitrogen and oxygen atoms in total. The monoisotopic (exact) mass is 134 g/mol. The summed E-state index contributed by atoms with van der Waals surface area (Å²) in [5, 5.41) is 0.